The van der Waals surface area contributed by atoms with Crippen LogP contribution in [-0.4, -0.2) is 22.8 Å². The van der Waals surface area contributed by atoms with E-state index in [-0.39, 0.29) is 5.56 Å². The molecule has 1 unspecified atom stereocenters. The summed E-state index contributed by atoms with van der Waals surface area (Å²) in [5.74, 6) is -0.410. The average molecular weight is 411 g/mol. The van der Waals surface area contributed by atoms with Crippen molar-refractivity contribution < 1.29 is 28.3 Å². The number of benzene rings is 3. The molecular weight excluding hydrogens is 393 g/mol. The molecule has 4 aromatic rings. The van der Waals surface area contributed by atoms with E-state index in [1.807, 2.05) is 30.3 Å². The van der Waals surface area contributed by atoms with Crippen LogP contribution in [0.3, 0.4) is 0 Å². The van der Waals surface area contributed by atoms with Crippen LogP contribution >= 0.6 is 7.60 Å². The SMILES string of the molecule is COc1cccc2c(C(C(=O)Nc3ccc4ccccc4c3)P(=O)(O)O)coc12. The Morgan fingerprint density at radius 2 is 1.83 bits per heavy atom. The van der Waals surface area contributed by atoms with Gasteiger partial charge in [-0.1, -0.05) is 42.5 Å². The number of amides is 1. The van der Waals surface area contributed by atoms with Gasteiger partial charge >= 0.3 is 7.60 Å². The second-order valence-corrected chi connectivity index (χ2v) is 8.27. The number of nitrogens with one attached hydrogen (secondary N) is 1. The summed E-state index contributed by atoms with van der Waals surface area (Å²) in [6.45, 7) is 0. The number of hydrogen-bond acceptors (Lipinski definition) is 4. The molecule has 8 heteroatoms. The number of fused-ring (bicyclic) bond motifs is 2. The zero-order valence-corrected chi connectivity index (χ0v) is 16.3. The number of carbonyl (C=O) groups excluding carboxylic acids is 1. The fraction of sp³-hybridized carbons (Fsp3) is 0.0952. The van der Waals surface area contributed by atoms with Crippen LogP contribution in [0.15, 0.2) is 71.3 Å². The second-order valence-electron chi connectivity index (χ2n) is 6.57. The molecular formula is C21H18NO6P. The molecule has 7 nitrogen and oxygen atoms in total. The minimum atomic E-state index is -4.85. The molecule has 0 saturated heterocycles. The van der Waals surface area contributed by atoms with Crippen LogP contribution in [0.5, 0.6) is 5.75 Å². The van der Waals surface area contributed by atoms with Gasteiger partial charge in [0.25, 0.3) is 0 Å². The maximum Gasteiger partial charge on any atom is 0.342 e. The molecule has 3 N–H and O–H groups in total. The van der Waals surface area contributed by atoms with Gasteiger partial charge in [-0.3, -0.25) is 9.36 Å². The number of rotatable bonds is 5. The second kappa shape index (κ2) is 7.37. The molecule has 1 atom stereocenters. The lowest BCUT2D eigenvalue weighted by Gasteiger charge is -2.17. The Morgan fingerprint density at radius 1 is 1.07 bits per heavy atom. The van der Waals surface area contributed by atoms with Crippen molar-refractivity contribution in [2.45, 2.75) is 5.66 Å². The van der Waals surface area contributed by atoms with Crippen molar-refractivity contribution in [3.05, 3.63) is 72.5 Å². The summed E-state index contributed by atoms with van der Waals surface area (Å²) in [5.41, 5.74) is -0.854. The van der Waals surface area contributed by atoms with E-state index in [2.05, 4.69) is 5.32 Å². The lowest BCUT2D eigenvalue weighted by atomic mass is 10.1. The number of furan rings is 1. The van der Waals surface area contributed by atoms with Crippen molar-refractivity contribution >= 4 is 40.9 Å². The molecule has 1 amide bonds. The van der Waals surface area contributed by atoms with Crippen LogP contribution < -0.4 is 10.1 Å². The van der Waals surface area contributed by atoms with Crippen LogP contribution in [0, 0.1) is 0 Å². The third-order valence-corrected chi connectivity index (χ3v) is 5.90. The average Bonchev–Trinajstić information content (AvgIpc) is 3.10. The molecule has 3 aromatic carbocycles. The van der Waals surface area contributed by atoms with Gasteiger partial charge < -0.3 is 24.3 Å². The van der Waals surface area contributed by atoms with Crippen LogP contribution in [-0.2, 0) is 9.36 Å². The van der Waals surface area contributed by atoms with Crippen molar-refractivity contribution in [3.8, 4) is 5.75 Å². The summed E-state index contributed by atoms with van der Waals surface area (Å²) in [7, 11) is -3.38. The Labute approximate surface area is 166 Å². The Balaban J connectivity index is 1.74. The highest BCUT2D eigenvalue weighted by atomic mass is 31.2. The molecule has 0 spiro atoms. The highest BCUT2D eigenvalue weighted by molar-refractivity contribution is 7.53. The summed E-state index contributed by atoms with van der Waals surface area (Å²) in [5, 5.41) is 4.92. The van der Waals surface area contributed by atoms with Gasteiger partial charge in [0.2, 0.25) is 5.91 Å². The number of ether oxygens (including phenoxy) is 1. The molecule has 1 aromatic heterocycles. The highest BCUT2D eigenvalue weighted by Gasteiger charge is 2.39. The van der Waals surface area contributed by atoms with Gasteiger partial charge in [0.15, 0.2) is 17.0 Å². The molecule has 0 fully saturated rings. The number of methoxy groups -OCH3 is 1. The summed E-state index contributed by atoms with van der Waals surface area (Å²) in [4.78, 5) is 32.8. The quantitative estimate of drug-likeness (QED) is 0.419. The van der Waals surface area contributed by atoms with Gasteiger partial charge in [-0.25, -0.2) is 0 Å². The minimum absolute atomic E-state index is 0.102. The number of carbonyl (C=O) groups is 1. The first-order chi connectivity index (χ1) is 13.9. The number of hydrogen-bond donors (Lipinski definition) is 3. The highest BCUT2D eigenvalue weighted by Crippen LogP contribution is 2.54. The summed E-state index contributed by atoms with van der Waals surface area (Å²) in [6, 6.07) is 17.8. The lowest BCUT2D eigenvalue weighted by molar-refractivity contribution is -0.116. The van der Waals surface area contributed by atoms with Crippen molar-refractivity contribution in [3.63, 3.8) is 0 Å². The van der Waals surface area contributed by atoms with E-state index < -0.39 is 19.2 Å². The maximum atomic E-state index is 12.9. The molecule has 1 heterocycles. The third kappa shape index (κ3) is 3.63. The van der Waals surface area contributed by atoms with E-state index in [9.17, 15) is 19.1 Å². The first kappa shape index (κ1) is 19.2. The molecule has 0 radical (unpaired) electrons. The van der Waals surface area contributed by atoms with Gasteiger partial charge in [0, 0.05) is 16.6 Å². The lowest BCUT2D eigenvalue weighted by Crippen LogP contribution is -2.21. The standard InChI is InChI=1S/C21H18NO6P/c1-27-18-8-4-7-16-17(12-28-19(16)18)20(29(24,25)26)21(23)22-15-10-9-13-5-2-3-6-14(13)11-15/h2-12,20H,1H3,(H,22,23)(H2,24,25,26). The Bertz CT molecular complexity index is 1260. The molecule has 0 aliphatic rings. The summed E-state index contributed by atoms with van der Waals surface area (Å²) in [6.07, 6.45) is 1.19. The van der Waals surface area contributed by atoms with Gasteiger partial charge in [0.1, 0.15) is 0 Å². The van der Waals surface area contributed by atoms with E-state index in [0.29, 0.717) is 22.4 Å². The summed E-state index contributed by atoms with van der Waals surface area (Å²) < 4.78 is 22.9. The van der Waals surface area contributed by atoms with E-state index in [0.717, 1.165) is 10.8 Å². The van der Waals surface area contributed by atoms with E-state index >= 15 is 0 Å². The molecule has 0 aliphatic carbocycles. The zero-order valence-electron chi connectivity index (χ0n) is 15.4. The molecule has 0 bridgehead atoms. The van der Waals surface area contributed by atoms with E-state index in [1.54, 1.807) is 30.3 Å². The molecule has 4 rings (SSSR count). The minimum Gasteiger partial charge on any atom is -0.493 e. The van der Waals surface area contributed by atoms with Crippen LogP contribution in [0.4, 0.5) is 5.69 Å². The first-order valence-electron chi connectivity index (χ1n) is 8.77. The van der Waals surface area contributed by atoms with Crippen molar-refractivity contribution in [1.82, 2.24) is 0 Å². The van der Waals surface area contributed by atoms with Crippen molar-refractivity contribution in [2.75, 3.05) is 12.4 Å². The van der Waals surface area contributed by atoms with Crippen LogP contribution in [0.2, 0.25) is 0 Å². The Kier molecular flexibility index (Phi) is 4.88. The monoisotopic (exact) mass is 411 g/mol. The van der Waals surface area contributed by atoms with Gasteiger partial charge in [0.05, 0.1) is 13.4 Å². The first-order valence-corrected chi connectivity index (χ1v) is 10.5. The van der Waals surface area contributed by atoms with Gasteiger partial charge in [-0.15, -0.1) is 0 Å². The third-order valence-electron chi connectivity index (χ3n) is 4.71. The predicted octanol–water partition coefficient (Wildman–Crippen LogP) is 4.45. The smallest absolute Gasteiger partial charge is 0.342 e. The molecule has 29 heavy (non-hydrogen) atoms. The summed E-state index contributed by atoms with van der Waals surface area (Å²) >= 11 is 0. The molecule has 0 saturated carbocycles. The van der Waals surface area contributed by atoms with Crippen LogP contribution in [0.25, 0.3) is 21.7 Å². The normalized spacial score (nSPS) is 12.8. The fourth-order valence-electron chi connectivity index (χ4n) is 3.38. The zero-order chi connectivity index (χ0) is 20.6. The Morgan fingerprint density at radius 3 is 2.55 bits per heavy atom. The molecule has 148 valence electrons. The van der Waals surface area contributed by atoms with Crippen LogP contribution in [0.1, 0.15) is 11.2 Å². The Hall–Kier alpha value is -3.12. The van der Waals surface area contributed by atoms with E-state index in [4.69, 9.17) is 9.15 Å². The van der Waals surface area contributed by atoms with Gasteiger partial charge in [-0.05, 0) is 29.0 Å². The topological polar surface area (TPSA) is 109 Å². The van der Waals surface area contributed by atoms with Gasteiger partial charge in [-0.2, -0.15) is 0 Å². The largest absolute Gasteiger partial charge is 0.493 e. The van der Waals surface area contributed by atoms with E-state index in [1.165, 1.54) is 13.4 Å². The number of para-hydroxylation sites is 1. The maximum absolute atomic E-state index is 12.9. The van der Waals surface area contributed by atoms with Crippen molar-refractivity contribution in [1.29, 1.82) is 0 Å². The van der Waals surface area contributed by atoms with Crippen molar-refractivity contribution in [2.24, 2.45) is 0 Å². The number of anilines is 1. The molecule has 0 aliphatic heterocycles. The predicted molar refractivity (Wildman–Crippen MR) is 110 cm³/mol. The fourth-order valence-corrected chi connectivity index (χ4v) is 4.31.